The highest BCUT2D eigenvalue weighted by Gasteiger charge is 2.42. The Bertz CT molecular complexity index is 966. The fraction of sp³-hybridized carbons (Fsp3) is 0.250. The molecule has 3 rings (SSSR count). The Balaban J connectivity index is 2.34. The quantitative estimate of drug-likeness (QED) is 0.591. The second-order valence-corrected chi connectivity index (χ2v) is 7.24. The molecule has 0 spiro atoms. The number of amides is 2. The molecule has 3 heteroatoms. The maximum absolute atomic E-state index is 13.3. The molecule has 1 heterocycles. The maximum Gasteiger partial charge on any atom is 0.267 e. The van der Waals surface area contributed by atoms with Gasteiger partial charge in [0.15, 0.2) is 0 Å². The van der Waals surface area contributed by atoms with Crippen molar-refractivity contribution >= 4 is 17.5 Å². The molecule has 2 amide bonds. The minimum atomic E-state index is -0.407. The molecule has 1 aliphatic heterocycles. The maximum atomic E-state index is 13.3. The molecule has 0 unspecified atom stereocenters. The van der Waals surface area contributed by atoms with E-state index in [0.29, 0.717) is 16.8 Å². The molecule has 1 aliphatic rings. The number of terminal acetylenes is 2. The number of carbonyl (C=O) groups is 2. The van der Waals surface area contributed by atoms with E-state index in [1.54, 1.807) is 12.1 Å². The van der Waals surface area contributed by atoms with Crippen LogP contribution >= 0.6 is 0 Å². The molecule has 0 saturated carbocycles. The molecule has 2 aromatic rings. The van der Waals surface area contributed by atoms with Crippen LogP contribution in [-0.4, -0.2) is 11.8 Å². The van der Waals surface area contributed by atoms with Crippen molar-refractivity contribution in [2.45, 2.75) is 39.5 Å². The van der Waals surface area contributed by atoms with Crippen LogP contribution < -0.4 is 4.90 Å². The van der Waals surface area contributed by atoms with Crippen molar-refractivity contribution in [3.8, 4) is 24.7 Å². The van der Waals surface area contributed by atoms with Crippen molar-refractivity contribution < 1.29 is 9.59 Å². The largest absolute Gasteiger partial charge is 0.268 e. The highest BCUT2D eigenvalue weighted by atomic mass is 16.2. The van der Waals surface area contributed by atoms with Gasteiger partial charge in [-0.25, -0.2) is 4.90 Å². The van der Waals surface area contributed by atoms with E-state index < -0.39 is 11.8 Å². The van der Waals surface area contributed by atoms with Gasteiger partial charge in [-0.2, -0.15) is 0 Å². The van der Waals surface area contributed by atoms with Gasteiger partial charge >= 0.3 is 0 Å². The second-order valence-electron chi connectivity index (χ2n) is 7.24. The lowest BCUT2D eigenvalue weighted by atomic mass is 9.92. The van der Waals surface area contributed by atoms with Gasteiger partial charge in [-0.15, -0.1) is 12.8 Å². The normalized spacial score (nSPS) is 13.1. The Labute approximate surface area is 160 Å². The van der Waals surface area contributed by atoms with Crippen LogP contribution in [0.15, 0.2) is 30.3 Å². The molecule has 0 saturated heterocycles. The molecule has 0 fully saturated rings. The summed E-state index contributed by atoms with van der Waals surface area (Å²) in [6.45, 7) is 8.17. The number of benzene rings is 2. The Morgan fingerprint density at radius 2 is 1.19 bits per heavy atom. The van der Waals surface area contributed by atoms with Gasteiger partial charge < -0.3 is 0 Å². The summed E-state index contributed by atoms with van der Waals surface area (Å²) < 4.78 is 0. The first-order chi connectivity index (χ1) is 12.8. The molecule has 0 atom stereocenters. The predicted octanol–water partition coefficient (Wildman–Crippen LogP) is 4.70. The highest BCUT2D eigenvalue weighted by Crippen LogP contribution is 2.40. The summed E-state index contributed by atoms with van der Waals surface area (Å²) >= 11 is 0. The number of carbonyl (C=O) groups excluding carboxylic acids is 2. The molecule has 0 N–H and O–H groups in total. The molecule has 0 aliphatic carbocycles. The monoisotopic (exact) mass is 355 g/mol. The zero-order chi connectivity index (χ0) is 19.9. The summed E-state index contributed by atoms with van der Waals surface area (Å²) in [5, 5.41) is 0. The number of fused-ring (bicyclic) bond motifs is 1. The van der Waals surface area contributed by atoms with E-state index >= 15 is 0 Å². The van der Waals surface area contributed by atoms with E-state index in [4.69, 9.17) is 12.8 Å². The number of hydrogen-bond acceptors (Lipinski definition) is 2. The van der Waals surface area contributed by atoms with Gasteiger partial charge in [-0.05, 0) is 35.1 Å². The van der Waals surface area contributed by atoms with E-state index in [2.05, 4.69) is 11.8 Å². The first-order valence-electron chi connectivity index (χ1n) is 8.95. The van der Waals surface area contributed by atoms with Gasteiger partial charge in [-0.3, -0.25) is 9.59 Å². The lowest BCUT2D eigenvalue weighted by Crippen LogP contribution is -2.32. The van der Waals surface area contributed by atoms with Crippen molar-refractivity contribution in [2.24, 2.45) is 0 Å². The van der Waals surface area contributed by atoms with Gasteiger partial charge in [0.1, 0.15) is 0 Å². The minimum Gasteiger partial charge on any atom is -0.268 e. The predicted molar refractivity (Wildman–Crippen MR) is 108 cm³/mol. The number of para-hydroxylation sites is 1. The van der Waals surface area contributed by atoms with Gasteiger partial charge in [0.2, 0.25) is 0 Å². The lowest BCUT2D eigenvalue weighted by molar-refractivity contribution is 0.0925. The molecule has 0 aromatic heterocycles. The van der Waals surface area contributed by atoms with Crippen molar-refractivity contribution in [1.29, 1.82) is 0 Å². The van der Waals surface area contributed by atoms with Crippen LogP contribution in [0.5, 0.6) is 0 Å². The third-order valence-electron chi connectivity index (χ3n) is 4.92. The SMILES string of the molecule is C#Cc1ccc(C#C)c2c1C(=O)N(c1c(C(C)C)cccc1C(C)C)C2=O. The number of hydrogen-bond donors (Lipinski definition) is 0. The second kappa shape index (κ2) is 6.78. The topological polar surface area (TPSA) is 37.4 Å². The van der Waals surface area contributed by atoms with Crippen molar-refractivity contribution in [1.82, 2.24) is 0 Å². The number of anilines is 1. The average Bonchev–Trinajstić information content (AvgIpc) is 2.91. The molecule has 0 radical (unpaired) electrons. The lowest BCUT2D eigenvalue weighted by Gasteiger charge is -2.25. The van der Waals surface area contributed by atoms with Crippen molar-refractivity contribution in [3.63, 3.8) is 0 Å². The van der Waals surface area contributed by atoms with E-state index in [1.165, 1.54) is 4.90 Å². The third kappa shape index (κ3) is 2.73. The Hall–Kier alpha value is -3.30. The van der Waals surface area contributed by atoms with Gasteiger partial charge in [0.05, 0.1) is 16.8 Å². The number of rotatable bonds is 3. The van der Waals surface area contributed by atoms with E-state index in [1.807, 2.05) is 45.9 Å². The van der Waals surface area contributed by atoms with Crippen LogP contribution in [0.3, 0.4) is 0 Å². The van der Waals surface area contributed by atoms with E-state index in [-0.39, 0.29) is 23.0 Å². The summed E-state index contributed by atoms with van der Waals surface area (Å²) in [5.74, 6) is 4.48. The summed E-state index contributed by atoms with van der Waals surface area (Å²) in [7, 11) is 0. The van der Waals surface area contributed by atoms with Crippen LogP contribution in [0.4, 0.5) is 5.69 Å². The van der Waals surface area contributed by atoms with Gasteiger partial charge in [0, 0.05) is 11.1 Å². The minimum absolute atomic E-state index is 0.141. The van der Waals surface area contributed by atoms with Crippen LogP contribution in [0.25, 0.3) is 0 Å². The Morgan fingerprint density at radius 1 is 0.778 bits per heavy atom. The van der Waals surface area contributed by atoms with Gasteiger partial charge in [0.25, 0.3) is 11.8 Å². The standard InChI is InChI=1S/C24H21NO2/c1-7-16-12-13-17(8-2)21-20(16)23(26)25(24(21)27)22-18(14(3)4)10-9-11-19(22)15(5)6/h1-2,9-15H,3-6H3. The third-order valence-corrected chi connectivity index (χ3v) is 4.92. The molecular weight excluding hydrogens is 334 g/mol. The van der Waals surface area contributed by atoms with Crippen LogP contribution in [0.1, 0.15) is 82.5 Å². The molecule has 0 bridgehead atoms. The molecule has 2 aromatic carbocycles. The van der Waals surface area contributed by atoms with E-state index in [0.717, 1.165) is 11.1 Å². The Morgan fingerprint density at radius 3 is 1.52 bits per heavy atom. The summed E-state index contributed by atoms with van der Waals surface area (Å²) in [6, 6.07) is 9.13. The van der Waals surface area contributed by atoms with Gasteiger partial charge in [-0.1, -0.05) is 57.7 Å². The fourth-order valence-electron chi connectivity index (χ4n) is 3.58. The first-order valence-corrected chi connectivity index (χ1v) is 8.95. The van der Waals surface area contributed by atoms with Crippen molar-refractivity contribution in [3.05, 3.63) is 63.7 Å². The molecule has 3 nitrogen and oxygen atoms in total. The first kappa shape index (κ1) is 18.5. The average molecular weight is 355 g/mol. The summed E-state index contributed by atoms with van der Waals surface area (Å²) in [5.41, 5.74) is 3.77. The smallest absolute Gasteiger partial charge is 0.267 e. The zero-order valence-electron chi connectivity index (χ0n) is 16.0. The molecular formula is C24H21NO2. The summed E-state index contributed by atoms with van der Waals surface area (Å²) in [4.78, 5) is 28.0. The van der Waals surface area contributed by atoms with Crippen LogP contribution in [0.2, 0.25) is 0 Å². The summed E-state index contributed by atoms with van der Waals surface area (Å²) in [6.07, 6.45) is 11.2. The molecule has 27 heavy (non-hydrogen) atoms. The number of nitrogens with zero attached hydrogens (tertiary/aromatic N) is 1. The number of imide groups is 1. The van der Waals surface area contributed by atoms with Crippen LogP contribution in [0, 0.1) is 24.7 Å². The van der Waals surface area contributed by atoms with Crippen molar-refractivity contribution in [2.75, 3.05) is 4.90 Å². The fourth-order valence-corrected chi connectivity index (χ4v) is 3.58. The molecule has 134 valence electrons. The zero-order valence-corrected chi connectivity index (χ0v) is 16.0. The van der Waals surface area contributed by atoms with E-state index in [9.17, 15) is 9.59 Å². The highest BCUT2D eigenvalue weighted by molar-refractivity contribution is 6.36. The Kier molecular flexibility index (Phi) is 4.64. The van der Waals surface area contributed by atoms with Crippen LogP contribution in [-0.2, 0) is 0 Å².